The second-order valence-electron chi connectivity index (χ2n) is 5.80. The van der Waals surface area contributed by atoms with Gasteiger partial charge >= 0.3 is 12.4 Å². The fraction of sp³-hybridized carbons (Fsp3) is 0.353. The van der Waals surface area contributed by atoms with Crippen molar-refractivity contribution in [3.8, 4) is 5.75 Å². The van der Waals surface area contributed by atoms with E-state index < -0.39 is 18.1 Å². The summed E-state index contributed by atoms with van der Waals surface area (Å²) >= 11 is 0. The van der Waals surface area contributed by atoms with Crippen LogP contribution in [-0.4, -0.2) is 35.5 Å². The molecule has 1 heterocycles. The van der Waals surface area contributed by atoms with Gasteiger partial charge < -0.3 is 21.1 Å². The molecule has 2 amide bonds. The number of benzene rings is 1. The summed E-state index contributed by atoms with van der Waals surface area (Å²) in [6.07, 6.45) is -3.06. The number of halogens is 3. The summed E-state index contributed by atoms with van der Waals surface area (Å²) in [6.45, 7) is 3.02. The Labute approximate surface area is 159 Å². The number of nitrogens with two attached hydrogens (primary N) is 1. The first-order valence-electron chi connectivity index (χ1n) is 8.48. The van der Waals surface area contributed by atoms with Crippen LogP contribution in [0, 0.1) is 6.92 Å². The second-order valence-corrected chi connectivity index (χ2v) is 5.80. The van der Waals surface area contributed by atoms with E-state index in [1.54, 1.807) is 13.0 Å². The van der Waals surface area contributed by atoms with Crippen LogP contribution in [0.5, 0.6) is 5.75 Å². The third kappa shape index (κ3) is 7.66. The minimum absolute atomic E-state index is 0.0570. The van der Waals surface area contributed by atoms with Crippen molar-refractivity contribution in [1.29, 1.82) is 0 Å². The van der Waals surface area contributed by atoms with Gasteiger partial charge in [0.15, 0.2) is 0 Å². The predicted molar refractivity (Wildman–Crippen MR) is 99.3 cm³/mol. The first-order valence-corrected chi connectivity index (χ1v) is 8.48. The summed E-state index contributed by atoms with van der Waals surface area (Å²) in [4.78, 5) is 20.4. The number of amides is 2. The molecular formula is C17H21F3N6O2. The molecule has 0 aliphatic heterocycles. The molecule has 2 aromatic rings. The number of carbonyl (C=O) groups is 1. The van der Waals surface area contributed by atoms with Crippen molar-refractivity contribution < 1.29 is 22.7 Å². The van der Waals surface area contributed by atoms with Crippen molar-refractivity contribution in [2.75, 3.05) is 29.0 Å². The molecule has 0 fully saturated rings. The molecule has 0 unspecified atom stereocenters. The van der Waals surface area contributed by atoms with Gasteiger partial charge in [-0.2, -0.15) is 4.98 Å². The molecule has 0 spiro atoms. The van der Waals surface area contributed by atoms with Crippen molar-refractivity contribution in [3.63, 3.8) is 0 Å². The Morgan fingerprint density at radius 2 is 1.96 bits per heavy atom. The first-order chi connectivity index (χ1) is 13.2. The van der Waals surface area contributed by atoms with Gasteiger partial charge in [-0.25, -0.2) is 9.78 Å². The molecule has 5 N–H and O–H groups in total. The lowest BCUT2D eigenvalue weighted by atomic mass is 10.3. The summed E-state index contributed by atoms with van der Waals surface area (Å²) < 4.78 is 40.7. The number of nitrogens with zero attached hydrogens (tertiary/aromatic N) is 2. The highest BCUT2D eigenvalue weighted by atomic mass is 19.4. The van der Waals surface area contributed by atoms with Gasteiger partial charge in [-0.3, -0.25) is 5.32 Å². The van der Waals surface area contributed by atoms with Crippen molar-refractivity contribution in [3.05, 3.63) is 36.0 Å². The van der Waals surface area contributed by atoms with Crippen LogP contribution in [0.4, 0.5) is 35.4 Å². The van der Waals surface area contributed by atoms with Gasteiger partial charge in [0.25, 0.3) is 0 Å². The number of alkyl halides is 3. The van der Waals surface area contributed by atoms with E-state index in [-0.39, 0.29) is 11.6 Å². The molecule has 0 saturated carbocycles. The van der Waals surface area contributed by atoms with Gasteiger partial charge in [0.2, 0.25) is 5.95 Å². The number of unbranched alkanes of at least 4 members (excludes halogenated alkanes) is 1. The minimum Gasteiger partial charge on any atom is -0.406 e. The maximum atomic E-state index is 12.3. The van der Waals surface area contributed by atoms with Crippen LogP contribution in [0.3, 0.4) is 0 Å². The minimum atomic E-state index is -4.82. The van der Waals surface area contributed by atoms with Gasteiger partial charge in [0.1, 0.15) is 11.6 Å². The molecule has 2 rings (SSSR count). The Bertz CT molecular complexity index is 801. The summed E-state index contributed by atoms with van der Waals surface area (Å²) in [7, 11) is 0. The molecule has 11 heteroatoms. The number of rotatable bonds is 8. The summed E-state index contributed by atoms with van der Waals surface area (Å²) in [5, 5.41) is 7.96. The van der Waals surface area contributed by atoms with Gasteiger partial charge in [-0.05, 0) is 38.4 Å². The smallest absolute Gasteiger partial charge is 0.406 e. The third-order valence-electron chi connectivity index (χ3n) is 3.34. The standard InChI is InChI=1S/C17H21F3N6O2/c1-11-9-14(22-8-3-2-7-21)25-15(23-11)26-16(27)24-12-5-4-6-13(10-12)28-17(18,19)20/h4-6,9-10H,2-3,7-8,21H2,1H3,(H3,22,23,24,25,26,27). The van der Waals surface area contributed by atoms with Gasteiger partial charge in [0.05, 0.1) is 0 Å². The highest BCUT2D eigenvalue weighted by molar-refractivity contribution is 5.98. The molecular weight excluding hydrogens is 377 g/mol. The monoisotopic (exact) mass is 398 g/mol. The summed E-state index contributed by atoms with van der Waals surface area (Å²) in [5.74, 6) is 0.156. The zero-order chi connectivity index (χ0) is 20.6. The lowest BCUT2D eigenvalue weighted by Gasteiger charge is -2.12. The average Bonchev–Trinajstić information content (AvgIpc) is 2.57. The Morgan fingerprint density at radius 1 is 1.18 bits per heavy atom. The van der Waals surface area contributed by atoms with Crippen LogP contribution in [0.2, 0.25) is 0 Å². The number of hydrogen-bond acceptors (Lipinski definition) is 6. The lowest BCUT2D eigenvalue weighted by molar-refractivity contribution is -0.274. The van der Waals surface area contributed by atoms with E-state index >= 15 is 0 Å². The maximum Gasteiger partial charge on any atom is 0.573 e. The number of hydrogen-bond donors (Lipinski definition) is 4. The van der Waals surface area contributed by atoms with E-state index in [4.69, 9.17) is 5.73 Å². The number of carbonyl (C=O) groups excluding carboxylic acids is 1. The van der Waals surface area contributed by atoms with Gasteiger partial charge in [0, 0.05) is 30.1 Å². The number of anilines is 3. The second kappa shape index (κ2) is 9.74. The van der Waals surface area contributed by atoms with Crippen LogP contribution in [0.1, 0.15) is 18.5 Å². The van der Waals surface area contributed by atoms with E-state index in [1.807, 2.05) is 0 Å². The molecule has 152 valence electrons. The third-order valence-corrected chi connectivity index (χ3v) is 3.34. The molecule has 1 aromatic carbocycles. The zero-order valence-corrected chi connectivity index (χ0v) is 15.1. The quantitative estimate of drug-likeness (QED) is 0.506. The fourth-order valence-corrected chi connectivity index (χ4v) is 2.24. The predicted octanol–water partition coefficient (Wildman–Crippen LogP) is 3.48. The van der Waals surface area contributed by atoms with E-state index in [1.165, 1.54) is 12.1 Å². The van der Waals surface area contributed by atoms with Crippen LogP contribution in [-0.2, 0) is 0 Å². The van der Waals surface area contributed by atoms with Crippen molar-refractivity contribution in [2.24, 2.45) is 5.73 Å². The summed E-state index contributed by atoms with van der Waals surface area (Å²) in [5.41, 5.74) is 6.19. The number of nitrogens with one attached hydrogen (secondary N) is 3. The van der Waals surface area contributed by atoms with Crippen molar-refractivity contribution >= 4 is 23.5 Å². The van der Waals surface area contributed by atoms with Crippen LogP contribution in [0.25, 0.3) is 0 Å². The molecule has 0 aliphatic carbocycles. The van der Waals surface area contributed by atoms with Crippen molar-refractivity contribution in [1.82, 2.24) is 9.97 Å². The van der Waals surface area contributed by atoms with E-state index in [0.717, 1.165) is 25.0 Å². The van der Waals surface area contributed by atoms with Crippen LogP contribution >= 0.6 is 0 Å². The molecule has 1 aromatic heterocycles. The van der Waals surface area contributed by atoms with Gasteiger partial charge in [-0.1, -0.05) is 6.07 Å². The Kier molecular flexibility index (Phi) is 7.38. The first kappa shape index (κ1) is 21.2. The number of urea groups is 1. The Balaban J connectivity index is 1.97. The topological polar surface area (TPSA) is 114 Å². The largest absolute Gasteiger partial charge is 0.573 e. The average molecular weight is 398 g/mol. The zero-order valence-electron chi connectivity index (χ0n) is 15.1. The molecule has 0 bridgehead atoms. The highest BCUT2D eigenvalue weighted by Crippen LogP contribution is 2.25. The van der Waals surface area contributed by atoms with E-state index in [2.05, 4.69) is 30.7 Å². The molecule has 0 aliphatic rings. The SMILES string of the molecule is Cc1cc(NCCCCN)nc(NC(=O)Nc2cccc(OC(F)(F)F)c2)n1. The molecule has 0 radical (unpaired) electrons. The normalized spacial score (nSPS) is 11.0. The summed E-state index contributed by atoms with van der Waals surface area (Å²) in [6, 6.07) is 5.94. The van der Waals surface area contributed by atoms with Crippen LogP contribution < -0.4 is 26.4 Å². The molecule has 0 atom stereocenters. The van der Waals surface area contributed by atoms with Crippen molar-refractivity contribution in [2.45, 2.75) is 26.1 Å². The van der Waals surface area contributed by atoms with E-state index in [0.29, 0.717) is 24.6 Å². The number of aryl methyl sites for hydroxylation is 1. The lowest BCUT2D eigenvalue weighted by Crippen LogP contribution is -2.22. The fourth-order valence-electron chi connectivity index (χ4n) is 2.24. The Morgan fingerprint density at radius 3 is 2.68 bits per heavy atom. The molecule has 0 saturated heterocycles. The van der Waals surface area contributed by atoms with E-state index in [9.17, 15) is 18.0 Å². The van der Waals surface area contributed by atoms with Crippen LogP contribution in [0.15, 0.2) is 30.3 Å². The van der Waals surface area contributed by atoms with Gasteiger partial charge in [-0.15, -0.1) is 13.2 Å². The highest BCUT2D eigenvalue weighted by Gasteiger charge is 2.31. The molecule has 8 nitrogen and oxygen atoms in total. The number of aromatic nitrogens is 2. The molecule has 28 heavy (non-hydrogen) atoms. The maximum absolute atomic E-state index is 12.3. The Hall–Kier alpha value is -3.08. The number of ether oxygens (including phenoxy) is 1.